The molecule has 0 saturated heterocycles. The van der Waals surface area contributed by atoms with E-state index in [1.54, 1.807) is 0 Å². The minimum absolute atomic E-state index is 0.0373. The average molecular weight is 303 g/mol. The van der Waals surface area contributed by atoms with E-state index < -0.39 is 0 Å². The summed E-state index contributed by atoms with van der Waals surface area (Å²) in [5, 5.41) is 9.11. The van der Waals surface area contributed by atoms with Gasteiger partial charge in [-0.1, -0.05) is 28.1 Å². The number of halogens is 1. The summed E-state index contributed by atoms with van der Waals surface area (Å²) in [6.45, 7) is 0.0373. The van der Waals surface area contributed by atoms with Gasteiger partial charge in [-0.3, -0.25) is 0 Å². The van der Waals surface area contributed by atoms with Gasteiger partial charge in [0.15, 0.2) is 0 Å². The van der Waals surface area contributed by atoms with Crippen molar-refractivity contribution in [1.29, 1.82) is 0 Å². The maximum absolute atomic E-state index is 9.11. The highest BCUT2D eigenvalue weighted by Crippen LogP contribution is 2.22. The molecule has 0 fully saturated rings. The first-order valence-corrected chi connectivity index (χ1v) is 6.40. The van der Waals surface area contributed by atoms with Gasteiger partial charge >= 0.3 is 0 Å². The zero-order valence-electron chi connectivity index (χ0n) is 9.55. The lowest BCUT2D eigenvalue weighted by atomic mass is 10.2. The number of imidazole rings is 1. The Bertz CT molecular complexity index is 706. The molecule has 0 saturated carbocycles. The number of aliphatic hydroxyl groups excluding tert-OH is 1. The Morgan fingerprint density at radius 2 is 2.11 bits per heavy atom. The van der Waals surface area contributed by atoms with Crippen molar-refractivity contribution < 1.29 is 5.11 Å². The first-order valence-electron chi connectivity index (χ1n) is 5.61. The number of fused-ring (bicyclic) bond motifs is 1. The van der Waals surface area contributed by atoms with Crippen LogP contribution in [0.5, 0.6) is 0 Å². The van der Waals surface area contributed by atoms with Gasteiger partial charge in [0.05, 0.1) is 12.3 Å². The van der Waals surface area contributed by atoms with Crippen molar-refractivity contribution in [3.63, 3.8) is 0 Å². The lowest BCUT2D eigenvalue weighted by molar-refractivity contribution is 0.282. The quantitative estimate of drug-likeness (QED) is 0.789. The molecule has 3 rings (SSSR count). The van der Waals surface area contributed by atoms with E-state index in [1.807, 2.05) is 53.2 Å². The van der Waals surface area contributed by atoms with Gasteiger partial charge in [0.1, 0.15) is 5.65 Å². The summed E-state index contributed by atoms with van der Waals surface area (Å²) in [7, 11) is 0. The van der Waals surface area contributed by atoms with Crippen LogP contribution in [0.15, 0.2) is 53.3 Å². The summed E-state index contributed by atoms with van der Waals surface area (Å²) >= 11 is 3.46. The molecule has 0 unspecified atom stereocenters. The van der Waals surface area contributed by atoms with Gasteiger partial charge in [0.25, 0.3) is 0 Å². The fraction of sp³-hybridized carbons (Fsp3) is 0.0714. The number of aromatic nitrogens is 2. The molecule has 0 bridgehead atoms. The molecule has 3 nitrogen and oxygen atoms in total. The molecule has 0 aliphatic heterocycles. The Morgan fingerprint density at radius 1 is 1.22 bits per heavy atom. The molecule has 0 radical (unpaired) electrons. The van der Waals surface area contributed by atoms with Gasteiger partial charge in [0.2, 0.25) is 0 Å². The van der Waals surface area contributed by atoms with Crippen LogP contribution in [0.4, 0.5) is 0 Å². The summed E-state index contributed by atoms with van der Waals surface area (Å²) in [6, 6.07) is 11.8. The zero-order valence-corrected chi connectivity index (χ0v) is 11.1. The SMILES string of the molecule is OCc1ccn2cc(-c3cccc(Br)c3)nc2c1. The number of hydrogen-bond donors (Lipinski definition) is 1. The van der Waals surface area contributed by atoms with E-state index in [4.69, 9.17) is 5.11 Å². The Balaban J connectivity index is 2.13. The fourth-order valence-corrected chi connectivity index (χ4v) is 2.31. The van der Waals surface area contributed by atoms with E-state index in [9.17, 15) is 0 Å². The van der Waals surface area contributed by atoms with Crippen LogP contribution in [0.3, 0.4) is 0 Å². The highest BCUT2D eigenvalue weighted by Gasteiger charge is 2.05. The minimum atomic E-state index is 0.0373. The highest BCUT2D eigenvalue weighted by atomic mass is 79.9. The number of aliphatic hydroxyl groups is 1. The smallest absolute Gasteiger partial charge is 0.137 e. The molecule has 0 spiro atoms. The molecule has 3 aromatic rings. The van der Waals surface area contributed by atoms with Crippen LogP contribution in [-0.4, -0.2) is 14.5 Å². The van der Waals surface area contributed by atoms with Crippen LogP contribution < -0.4 is 0 Å². The van der Waals surface area contributed by atoms with E-state index in [0.29, 0.717) is 0 Å². The molecule has 4 heteroatoms. The molecular formula is C14H11BrN2O. The second-order valence-electron chi connectivity index (χ2n) is 4.10. The van der Waals surface area contributed by atoms with Gasteiger partial charge < -0.3 is 9.51 Å². The van der Waals surface area contributed by atoms with Gasteiger partial charge in [-0.2, -0.15) is 0 Å². The van der Waals surface area contributed by atoms with E-state index >= 15 is 0 Å². The third-order valence-electron chi connectivity index (χ3n) is 2.83. The second kappa shape index (κ2) is 4.55. The van der Waals surface area contributed by atoms with E-state index in [2.05, 4.69) is 20.9 Å². The van der Waals surface area contributed by atoms with Crippen molar-refractivity contribution in [3.8, 4) is 11.3 Å². The monoisotopic (exact) mass is 302 g/mol. The zero-order chi connectivity index (χ0) is 12.5. The van der Waals surface area contributed by atoms with Crippen molar-refractivity contribution in [1.82, 2.24) is 9.38 Å². The largest absolute Gasteiger partial charge is 0.392 e. The molecule has 2 aromatic heterocycles. The first-order chi connectivity index (χ1) is 8.76. The van der Waals surface area contributed by atoms with Crippen LogP contribution >= 0.6 is 15.9 Å². The van der Waals surface area contributed by atoms with Crippen molar-refractivity contribution in [2.24, 2.45) is 0 Å². The molecular weight excluding hydrogens is 292 g/mol. The van der Waals surface area contributed by atoms with Crippen LogP contribution in [0.1, 0.15) is 5.56 Å². The standard InChI is InChI=1S/C14H11BrN2O/c15-12-3-1-2-11(7-12)13-8-17-5-4-10(9-18)6-14(17)16-13/h1-8,18H,9H2. The number of benzene rings is 1. The number of rotatable bonds is 2. The molecule has 18 heavy (non-hydrogen) atoms. The van der Waals surface area contributed by atoms with E-state index in [-0.39, 0.29) is 6.61 Å². The average Bonchev–Trinajstić information content (AvgIpc) is 2.81. The van der Waals surface area contributed by atoms with Crippen molar-refractivity contribution in [2.75, 3.05) is 0 Å². The normalized spacial score (nSPS) is 11.0. The Kier molecular flexibility index (Phi) is 2.89. The molecule has 90 valence electrons. The Labute approximate surface area is 113 Å². The molecule has 0 atom stereocenters. The Hall–Kier alpha value is -1.65. The van der Waals surface area contributed by atoms with Crippen molar-refractivity contribution in [2.45, 2.75) is 6.61 Å². The van der Waals surface area contributed by atoms with Crippen LogP contribution in [-0.2, 0) is 6.61 Å². The van der Waals surface area contributed by atoms with Crippen LogP contribution in [0.25, 0.3) is 16.9 Å². The number of hydrogen-bond acceptors (Lipinski definition) is 2. The molecule has 1 aromatic carbocycles. The lowest BCUT2D eigenvalue weighted by Crippen LogP contribution is -1.87. The van der Waals surface area contributed by atoms with Gasteiger partial charge in [-0.15, -0.1) is 0 Å². The maximum Gasteiger partial charge on any atom is 0.137 e. The molecule has 0 aliphatic rings. The van der Waals surface area contributed by atoms with Crippen molar-refractivity contribution >= 4 is 21.6 Å². The summed E-state index contributed by atoms with van der Waals surface area (Å²) in [5.41, 5.74) is 3.70. The van der Waals surface area contributed by atoms with Crippen LogP contribution in [0.2, 0.25) is 0 Å². The predicted octanol–water partition coefficient (Wildman–Crippen LogP) is 3.26. The van der Waals surface area contributed by atoms with Gasteiger partial charge in [0, 0.05) is 22.4 Å². The van der Waals surface area contributed by atoms with Gasteiger partial charge in [-0.05, 0) is 29.8 Å². The van der Waals surface area contributed by atoms with E-state index in [0.717, 1.165) is 26.9 Å². The predicted molar refractivity (Wildman–Crippen MR) is 74.3 cm³/mol. The Morgan fingerprint density at radius 3 is 2.89 bits per heavy atom. The molecule has 0 amide bonds. The third-order valence-corrected chi connectivity index (χ3v) is 3.32. The molecule has 1 N–H and O–H groups in total. The first kappa shape index (κ1) is 11.4. The molecule has 2 heterocycles. The maximum atomic E-state index is 9.11. The lowest BCUT2D eigenvalue weighted by Gasteiger charge is -1.95. The summed E-state index contributed by atoms with van der Waals surface area (Å²) in [4.78, 5) is 4.56. The number of nitrogens with zero attached hydrogens (tertiary/aromatic N) is 2. The summed E-state index contributed by atoms with van der Waals surface area (Å²) in [5.74, 6) is 0. The summed E-state index contributed by atoms with van der Waals surface area (Å²) < 4.78 is 2.99. The van der Waals surface area contributed by atoms with Crippen molar-refractivity contribution in [3.05, 3.63) is 58.8 Å². The third kappa shape index (κ3) is 2.05. The highest BCUT2D eigenvalue weighted by molar-refractivity contribution is 9.10. The second-order valence-corrected chi connectivity index (χ2v) is 5.01. The van der Waals surface area contributed by atoms with Gasteiger partial charge in [-0.25, -0.2) is 4.98 Å². The number of pyridine rings is 1. The molecule has 0 aliphatic carbocycles. The van der Waals surface area contributed by atoms with Crippen LogP contribution in [0, 0.1) is 0 Å². The fourth-order valence-electron chi connectivity index (χ4n) is 1.91. The summed E-state index contributed by atoms with van der Waals surface area (Å²) in [6.07, 6.45) is 3.90. The topological polar surface area (TPSA) is 37.5 Å². The van der Waals surface area contributed by atoms with E-state index in [1.165, 1.54) is 0 Å². The minimum Gasteiger partial charge on any atom is -0.392 e.